The first-order valence-corrected chi connectivity index (χ1v) is 12.8. The van der Waals surface area contributed by atoms with Gasteiger partial charge in [0, 0.05) is 28.9 Å². The molecule has 2 aliphatic rings. The first-order valence-electron chi connectivity index (χ1n) is 11.8. The number of nitrogens with one attached hydrogen (secondary N) is 2. The van der Waals surface area contributed by atoms with Gasteiger partial charge in [-0.25, -0.2) is 0 Å². The number of rotatable bonds is 7. The molecule has 0 fully saturated rings. The summed E-state index contributed by atoms with van der Waals surface area (Å²) in [5, 5.41) is 17.2. The number of ether oxygens (including phenoxy) is 1. The molecule has 0 saturated heterocycles. The van der Waals surface area contributed by atoms with Gasteiger partial charge in [0.15, 0.2) is 5.78 Å². The number of dihydropyridines is 1. The van der Waals surface area contributed by atoms with Crippen LogP contribution < -0.4 is 15.4 Å². The Balaban J connectivity index is 1.66. The molecular formula is C28H29N3O3S. The third-order valence-corrected chi connectivity index (χ3v) is 7.30. The minimum atomic E-state index is -0.518. The number of hydrogen-bond donors (Lipinski definition) is 2. The van der Waals surface area contributed by atoms with Gasteiger partial charge in [0.1, 0.15) is 5.75 Å². The second-order valence-electron chi connectivity index (χ2n) is 8.66. The summed E-state index contributed by atoms with van der Waals surface area (Å²) in [6.07, 6.45) is 1.95. The number of benzene rings is 2. The Kier molecular flexibility index (Phi) is 7.62. The lowest BCUT2D eigenvalue weighted by molar-refractivity contribution is -0.116. The molecule has 0 unspecified atom stereocenters. The Bertz CT molecular complexity index is 1250. The van der Waals surface area contributed by atoms with Crippen LogP contribution in [0, 0.1) is 25.2 Å². The Morgan fingerprint density at radius 3 is 2.63 bits per heavy atom. The van der Waals surface area contributed by atoms with Crippen molar-refractivity contribution in [1.82, 2.24) is 5.32 Å². The van der Waals surface area contributed by atoms with Crippen LogP contribution in [0.2, 0.25) is 0 Å². The van der Waals surface area contributed by atoms with Crippen LogP contribution in [-0.2, 0) is 9.59 Å². The smallest absolute Gasteiger partial charge is 0.234 e. The van der Waals surface area contributed by atoms with Crippen LogP contribution in [-0.4, -0.2) is 24.1 Å². The molecule has 1 aliphatic heterocycles. The van der Waals surface area contributed by atoms with Crippen LogP contribution in [0.5, 0.6) is 5.75 Å². The van der Waals surface area contributed by atoms with Gasteiger partial charge in [0.25, 0.3) is 0 Å². The van der Waals surface area contributed by atoms with Crippen molar-refractivity contribution in [3.8, 4) is 11.8 Å². The van der Waals surface area contributed by atoms with Gasteiger partial charge < -0.3 is 15.4 Å². The normalized spacial score (nSPS) is 17.4. The SMILES string of the molecule is CCOc1ccccc1[C@@H]1C(C#N)=C(SCC(=O)Nc2c(C)cccc2C)NC2=C1C(=O)CCC2. The van der Waals surface area contributed by atoms with Gasteiger partial charge in [-0.2, -0.15) is 5.26 Å². The van der Waals surface area contributed by atoms with Crippen molar-refractivity contribution in [3.63, 3.8) is 0 Å². The Labute approximate surface area is 210 Å². The standard InChI is InChI=1S/C28H29N3O3S/c1-4-34-23-14-6-5-11-19(23)25-20(15-29)28(30-21-12-8-13-22(32)26(21)25)35-16-24(33)31-27-17(2)9-7-10-18(27)3/h5-7,9-11,14,25,30H,4,8,12-13,16H2,1-3H3,(H,31,33)/t25-/m1/s1. The highest BCUT2D eigenvalue weighted by Gasteiger charge is 2.38. The monoisotopic (exact) mass is 487 g/mol. The van der Waals surface area contributed by atoms with E-state index >= 15 is 0 Å². The molecule has 1 aliphatic carbocycles. The molecule has 2 aromatic carbocycles. The van der Waals surface area contributed by atoms with E-state index in [1.165, 1.54) is 11.8 Å². The van der Waals surface area contributed by atoms with E-state index in [2.05, 4.69) is 16.7 Å². The summed E-state index contributed by atoms with van der Waals surface area (Å²) in [5.41, 5.74) is 5.54. The number of amides is 1. The zero-order valence-electron chi connectivity index (χ0n) is 20.2. The number of hydrogen-bond acceptors (Lipinski definition) is 6. The molecule has 0 spiro atoms. The third kappa shape index (κ3) is 5.13. The molecule has 0 bridgehead atoms. The summed E-state index contributed by atoms with van der Waals surface area (Å²) < 4.78 is 5.86. The molecule has 0 saturated carbocycles. The number of carbonyl (C=O) groups is 2. The van der Waals surface area contributed by atoms with Crippen molar-refractivity contribution < 1.29 is 14.3 Å². The second-order valence-corrected chi connectivity index (χ2v) is 9.64. The molecular weight excluding hydrogens is 458 g/mol. The highest BCUT2D eigenvalue weighted by Crippen LogP contribution is 2.46. The molecule has 180 valence electrons. The van der Waals surface area contributed by atoms with Gasteiger partial charge in [-0.1, -0.05) is 48.2 Å². The number of Topliss-reactive ketones (excluding diaryl/α,β-unsaturated/α-hetero) is 1. The maximum Gasteiger partial charge on any atom is 0.234 e. The molecule has 1 atom stereocenters. The summed E-state index contributed by atoms with van der Waals surface area (Å²) in [6, 6.07) is 15.8. The first-order chi connectivity index (χ1) is 16.9. The number of carbonyl (C=O) groups excluding carboxylic acids is 2. The summed E-state index contributed by atoms with van der Waals surface area (Å²) >= 11 is 1.29. The summed E-state index contributed by atoms with van der Waals surface area (Å²) in [6.45, 7) is 6.31. The predicted octanol–water partition coefficient (Wildman–Crippen LogP) is 5.50. The highest BCUT2D eigenvalue weighted by atomic mass is 32.2. The molecule has 2 N–H and O–H groups in total. The van der Waals surface area contributed by atoms with Crippen molar-refractivity contribution >= 4 is 29.1 Å². The Morgan fingerprint density at radius 1 is 1.17 bits per heavy atom. The van der Waals surface area contributed by atoms with Crippen molar-refractivity contribution in [2.24, 2.45) is 0 Å². The van der Waals surface area contributed by atoms with E-state index in [0.29, 0.717) is 35.0 Å². The molecule has 6 nitrogen and oxygen atoms in total. The molecule has 7 heteroatoms. The third-order valence-electron chi connectivity index (χ3n) is 6.29. The lowest BCUT2D eigenvalue weighted by Gasteiger charge is -2.33. The van der Waals surface area contributed by atoms with Crippen LogP contribution in [0.4, 0.5) is 5.69 Å². The summed E-state index contributed by atoms with van der Waals surface area (Å²) in [4.78, 5) is 25.9. The lowest BCUT2D eigenvalue weighted by atomic mass is 9.76. The van der Waals surface area contributed by atoms with E-state index in [1.54, 1.807) is 0 Å². The lowest BCUT2D eigenvalue weighted by Crippen LogP contribution is -2.32. The van der Waals surface area contributed by atoms with E-state index in [1.807, 2.05) is 63.2 Å². The van der Waals surface area contributed by atoms with Crippen LogP contribution in [0.3, 0.4) is 0 Å². The maximum absolute atomic E-state index is 13.0. The van der Waals surface area contributed by atoms with Crippen molar-refractivity contribution in [1.29, 1.82) is 5.26 Å². The molecule has 35 heavy (non-hydrogen) atoms. The molecule has 1 amide bonds. The number of ketones is 1. The highest BCUT2D eigenvalue weighted by molar-refractivity contribution is 8.03. The van der Waals surface area contributed by atoms with Gasteiger partial charge in [0.2, 0.25) is 5.91 Å². The number of allylic oxidation sites excluding steroid dienone is 3. The van der Waals surface area contributed by atoms with Gasteiger partial charge in [0.05, 0.1) is 34.9 Å². The second kappa shape index (κ2) is 10.8. The molecule has 4 rings (SSSR count). The average Bonchev–Trinajstić information content (AvgIpc) is 2.85. The van der Waals surface area contributed by atoms with E-state index in [-0.39, 0.29) is 17.4 Å². The van der Waals surface area contributed by atoms with Crippen LogP contribution in [0.15, 0.2) is 64.3 Å². The van der Waals surface area contributed by atoms with Gasteiger partial charge >= 0.3 is 0 Å². The molecule has 0 radical (unpaired) electrons. The minimum absolute atomic E-state index is 0.0552. The fourth-order valence-electron chi connectivity index (χ4n) is 4.68. The van der Waals surface area contributed by atoms with Gasteiger partial charge in [-0.05, 0) is 50.8 Å². The van der Waals surface area contributed by atoms with Gasteiger partial charge in [-0.15, -0.1) is 0 Å². The van der Waals surface area contributed by atoms with Crippen molar-refractivity contribution in [2.75, 3.05) is 17.7 Å². The average molecular weight is 488 g/mol. The minimum Gasteiger partial charge on any atom is -0.494 e. The van der Waals surface area contributed by atoms with E-state index in [0.717, 1.165) is 40.9 Å². The number of aryl methyl sites for hydroxylation is 2. The summed E-state index contributed by atoms with van der Waals surface area (Å²) in [5.74, 6) is 0.190. The topological polar surface area (TPSA) is 91.2 Å². The van der Waals surface area contributed by atoms with E-state index in [4.69, 9.17) is 4.74 Å². The Hall–Kier alpha value is -3.50. The van der Waals surface area contributed by atoms with E-state index < -0.39 is 5.92 Å². The number of thioether (sulfide) groups is 1. The first kappa shape index (κ1) is 24.6. The van der Waals surface area contributed by atoms with E-state index in [9.17, 15) is 14.9 Å². The fraction of sp³-hybridized carbons (Fsp3) is 0.321. The summed E-state index contributed by atoms with van der Waals surface area (Å²) in [7, 11) is 0. The number of para-hydroxylation sites is 2. The van der Waals surface area contributed by atoms with Crippen LogP contribution in [0.1, 0.15) is 48.8 Å². The molecule has 2 aromatic rings. The number of anilines is 1. The zero-order valence-corrected chi connectivity index (χ0v) is 21.1. The van der Waals surface area contributed by atoms with Crippen LogP contribution >= 0.6 is 11.8 Å². The molecule has 0 aromatic heterocycles. The number of nitriles is 1. The zero-order chi connectivity index (χ0) is 24.9. The quantitative estimate of drug-likeness (QED) is 0.536. The maximum atomic E-state index is 13.0. The Morgan fingerprint density at radius 2 is 1.91 bits per heavy atom. The van der Waals surface area contributed by atoms with Crippen LogP contribution in [0.25, 0.3) is 0 Å². The largest absolute Gasteiger partial charge is 0.494 e. The molecule has 1 heterocycles. The fourth-order valence-corrected chi connectivity index (χ4v) is 5.54. The predicted molar refractivity (Wildman–Crippen MR) is 139 cm³/mol. The van der Waals surface area contributed by atoms with Crippen molar-refractivity contribution in [2.45, 2.75) is 46.0 Å². The van der Waals surface area contributed by atoms with Crippen molar-refractivity contribution in [3.05, 3.63) is 81.0 Å². The van der Waals surface area contributed by atoms with Gasteiger partial charge in [-0.3, -0.25) is 9.59 Å². The number of nitrogens with zero attached hydrogens (tertiary/aromatic N) is 1.